The topological polar surface area (TPSA) is 75.9 Å². The molecule has 1 fully saturated rings. The Kier molecular flexibility index (Phi) is 8.58. The third kappa shape index (κ3) is 5.68. The molecule has 1 heterocycles. The van der Waals surface area contributed by atoms with Crippen molar-refractivity contribution in [2.45, 2.75) is 52.1 Å². The lowest BCUT2D eigenvalue weighted by atomic mass is 9.87. The highest BCUT2D eigenvalue weighted by atomic mass is 127. The number of carbonyl (C=O) groups is 1. The number of aliphatic imine (C=N–C) groups is 1. The normalized spacial score (nSPS) is 20.9. The fraction of sp³-hybridized carbons (Fsp3) is 0.647. The average Bonchev–Trinajstić information content (AvgIpc) is 2.93. The van der Waals surface area contributed by atoms with E-state index in [0.29, 0.717) is 29.7 Å². The summed E-state index contributed by atoms with van der Waals surface area (Å²) in [5.74, 6) is 2.46. The van der Waals surface area contributed by atoms with Gasteiger partial charge in [-0.25, -0.2) is 4.79 Å². The summed E-state index contributed by atoms with van der Waals surface area (Å²) in [6, 6.07) is 2.19. The number of carbonyl (C=O) groups excluding carboxylic acids is 1. The second-order valence-electron chi connectivity index (χ2n) is 6.20. The number of hydrogen-bond acceptors (Lipinski definition) is 4. The van der Waals surface area contributed by atoms with Crippen molar-refractivity contribution in [2.24, 2.45) is 10.9 Å². The van der Waals surface area contributed by atoms with Crippen molar-refractivity contribution >= 4 is 35.9 Å². The van der Waals surface area contributed by atoms with Gasteiger partial charge in [-0.2, -0.15) is 0 Å². The van der Waals surface area contributed by atoms with Crippen LogP contribution in [0.2, 0.25) is 0 Å². The molecule has 0 bridgehead atoms. The number of methoxy groups -OCH3 is 1. The van der Waals surface area contributed by atoms with E-state index in [0.717, 1.165) is 11.9 Å². The fourth-order valence-corrected chi connectivity index (χ4v) is 2.91. The second-order valence-corrected chi connectivity index (χ2v) is 6.20. The molecule has 24 heavy (non-hydrogen) atoms. The summed E-state index contributed by atoms with van der Waals surface area (Å²) in [6.45, 7) is 4.54. The number of esters is 1. The van der Waals surface area contributed by atoms with Crippen LogP contribution in [0.5, 0.6) is 0 Å². The van der Waals surface area contributed by atoms with Gasteiger partial charge < -0.3 is 19.8 Å². The van der Waals surface area contributed by atoms with Crippen LogP contribution in [0, 0.1) is 12.8 Å². The smallest absolute Gasteiger partial charge is 0.341 e. The Morgan fingerprint density at radius 1 is 1.38 bits per heavy atom. The van der Waals surface area contributed by atoms with Gasteiger partial charge in [-0.1, -0.05) is 6.92 Å². The molecule has 0 unspecified atom stereocenters. The number of ether oxygens (including phenoxy) is 1. The highest BCUT2D eigenvalue weighted by Gasteiger charge is 2.19. The molecular weight excluding hydrogens is 421 g/mol. The van der Waals surface area contributed by atoms with E-state index in [9.17, 15) is 4.79 Å². The van der Waals surface area contributed by atoms with Crippen LogP contribution in [-0.2, 0) is 11.3 Å². The van der Waals surface area contributed by atoms with Crippen LogP contribution in [0.15, 0.2) is 15.5 Å². The summed E-state index contributed by atoms with van der Waals surface area (Å²) >= 11 is 0. The van der Waals surface area contributed by atoms with E-state index >= 15 is 0 Å². The molecule has 6 nitrogen and oxygen atoms in total. The molecule has 1 saturated carbocycles. The number of furan rings is 1. The van der Waals surface area contributed by atoms with E-state index in [-0.39, 0.29) is 29.9 Å². The molecule has 1 aromatic heterocycles. The maximum Gasteiger partial charge on any atom is 0.341 e. The zero-order chi connectivity index (χ0) is 16.8. The number of rotatable bonds is 4. The first-order chi connectivity index (χ1) is 11.0. The zero-order valence-corrected chi connectivity index (χ0v) is 17.2. The number of guanidine groups is 1. The van der Waals surface area contributed by atoms with Gasteiger partial charge in [0.05, 0.1) is 13.7 Å². The lowest BCUT2D eigenvalue weighted by Crippen LogP contribution is -2.44. The van der Waals surface area contributed by atoms with Crippen LogP contribution in [0.25, 0.3) is 0 Å². The standard InChI is InChI=1S/C17H27N3O3.HI/c1-11-5-7-13(8-6-11)20-17(18-3)19-10-14-9-15(12(2)23-14)16(21)22-4;/h9,11,13H,5-8,10H2,1-4H3,(H2,18,19,20);1H. The summed E-state index contributed by atoms with van der Waals surface area (Å²) < 4.78 is 10.3. The zero-order valence-electron chi connectivity index (χ0n) is 14.8. The molecule has 1 aliphatic rings. The predicted molar refractivity (Wildman–Crippen MR) is 105 cm³/mol. The second kappa shape index (κ2) is 9.90. The van der Waals surface area contributed by atoms with Gasteiger partial charge in [-0.15, -0.1) is 24.0 Å². The first-order valence-electron chi connectivity index (χ1n) is 8.18. The van der Waals surface area contributed by atoms with Crippen LogP contribution in [0.3, 0.4) is 0 Å². The van der Waals surface area contributed by atoms with Gasteiger partial charge in [-0.05, 0) is 44.6 Å². The summed E-state index contributed by atoms with van der Waals surface area (Å²) in [5, 5.41) is 6.69. The molecule has 7 heteroatoms. The quantitative estimate of drug-likeness (QED) is 0.320. The van der Waals surface area contributed by atoms with Crippen LogP contribution in [0.4, 0.5) is 0 Å². The molecule has 0 spiro atoms. The largest absolute Gasteiger partial charge is 0.465 e. The Morgan fingerprint density at radius 2 is 2.04 bits per heavy atom. The molecular formula is C17H28IN3O3. The van der Waals surface area contributed by atoms with Crippen molar-refractivity contribution in [1.29, 1.82) is 0 Å². The lowest BCUT2D eigenvalue weighted by molar-refractivity contribution is 0.0599. The summed E-state index contributed by atoms with van der Waals surface area (Å²) in [4.78, 5) is 15.9. The van der Waals surface area contributed by atoms with Crippen molar-refractivity contribution in [3.8, 4) is 0 Å². The Labute approximate surface area is 160 Å². The molecule has 2 rings (SSSR count). The third-order valence-corrected chi connectivity index (χ3v) is 4.38. The summed E-state index contributed by atoms with van der Waals surface area (Å²) in [6.07, 6.45) is 4.87. The molecule has 1 aliphatic carbocycles. The first-order valence-corrected chi connectivity index (χ1v) is 8.18. The first kappa shape index (κ1) is 20.8. The molecule has 1 aromatic rings. The Bertz CT molecular complexity index is 563. The van der Waals surface area contributed by atoms with E-state index in [1.54, 1.807) is 20.0 Å². The van der Waals surface area contributed by atoms with Gasteiger partial charge in [0.1, 0.15) is 17.1 Å². The number of halogens is 1. The highest BCUT2D eigenvalue weighted by Crippen LogP contribution is 2.23. The van der Waals surface area contributed by atoms with E-state index in [1.807, 2.05) is 0 Å². The van der Waals surface area contributed by atoms with Crippen molar-refractivity contribution in [1.82, 2.24) is 10.6 Å². The van der Waals surface area contributed by atoms with Gasteiger partial charge in [-0.3, -0.25) is 4.99 Å². The monoisotopic (exact) mass is 449 g/mol. The van der Waals surface area contributed by atoms with Gasteiger partial charge in [0.2, 0.25) is 0 Å². The Balaban J connectivity index is 0.00000288. The Morgan fingerprint density at radius 3 is 2.62 bits per heavy atom. The van der Waals surface area contributed by atoms with Crippen LogP contribution in [0.1, 0.15) is 54.5 Å². The lowest BCUT2D eigenvalue weighted by Gasteiger charge is -2.28. The van der Waals surface area contributed by atoms with E-state index in [1.165, 1.54) is 32.8 Å². The van der Waals surface area contributed by atoms with E-state index in [2.05, 4.69) is 22.5 Å². The molecule has 136 valence electrons. The van der Waals surface area contributed by atoms with Crippen LogP contribution >= 0.6 is 24.0 Å². The Hall–Kier alpha value is -1.25. The highest BCUT2D eigenvalue weighted by molar-refractivity contribution is 14.0. The predicted octanol–water partition coefficient (Wildman–Crippen LogP) is 3.24. The van der Waals surface area contributed by atoms with Gasteiger partial charge in [0.25, 0.3) is 0 Å². The molecule has 2 N–H and O–H groups in total. The average molecular weight is 449 g/mol. The van der Waals surface area contributed by atoms with Crippen molar-refractivity contribution < 1.29 is 13.9 Å². The van der Waals surface area contributed by atoms with Gasteiger partial charge in [0.15, 0.2) is 5.96 Å². The summed E-state index contributed by atoms with van der Waals surface area (Å²) in [7, 11) is 3.12. The number of aryl methyl sites for hydroxylation is 1. The van der Waals surface area contributed by atoms with Crippen molar-refractivity contribution in [3.05, 3.63) is 23.2 Å². The van der Waals surface area contributed by atoms with Crippen molar-refractivity contribution in [2.75, 3.05) is 14.2 Å². The maximum absolute atomic E-state index is 11.6. The SMILES string of the molecule is CN=C(NCc1cc(C(=O)OC)c(C)o1)NC1CCC(C)CC1.I. The molecule has 0 saturated heterocycles. The molecule has 0 aromatic carbocycles. The van der Waals surface area contributed by atoms with Crippen LogP contribution < -0.4 is 10.6 Å². The van der Waals surface area contributed by atoms with Gasteiger partial charge in [0, 0.05) is 13.1 Å². The third-order valence-electron chi connectivity index (χ3n) is 4.38. The molecule has 0 atom stereocenters. The molecule has 0 radical (unpaired) electrons. The molecule has 0 aliphatic heterocycles. The van der Waals surface area contributed by atoms with Gasteiger partial charge >= 0.3 is 5.97 Å². The van der Waals surface area contributed by atoms with Crippen molar-refractivity contribution in [3.63, 3.8) is 0 Å². The number of hydrogen-bond donors (Lipinski definition) is 2. The number of nitrogens with one attached hydrogen (secondary N) is 2. The molecule has 0 amide bonds. The fourth-order valence-electron chi connectivity index (χ4n) is 2.91. The maximum atomic E-state index is 11.6. The van der Waals surface area contributed by atoms with Crippen LogP contribution in [-0.4, -0.2) is 32.1 Å². The minimum Gasteiger partial charge on any atom is -0.465 e. The number of nitrogens with zero attached hydrogens (tertiary/aromatic N) is 1. The minimum atomic E-state index is -0.378. The minimum absolute atomic E-state index is 0. The van der Waals surface area contributed by atoms with E-state index in [4.69, 9.17) is 9.15 Å². The van der Waals surface area contributed by atoms with E-state index < -0.39 is 0 Å². The summed E-state index contributed by atoms with van der Waals surface area (Å²) in [5.41, 5.74) is 0.466.